The van der Waals surface area contributed by atoms with Gasteiger partial charge in [0.15, 0.2) is 0 Å². The molecule has 30 heavy (non-hydrogen) atoms. The molecule has 3 aromatic carbocycles. The lowest BCUT2D eigenvalue weighted by Gasteiger charge is -2.27. The van der Waals surface area contributed by atoms with E-state index in [9.17, 15) is 0 Å². The van der Waals surface area contributed by atoms with Gasteiger partial charge in [-0.1, -0.05) is 80.8 Å². The number of hydrogen-bond donors (Lipinski definition) is 0. The molecule has 158 valence electrons. The van der Waals surface area contributed by atoms with Crippen molar-refractivity contribution >= 4 is 11.4 Å². The van der Waals surface area contributed by atoms with E-state index >= 15 is 0 Å². The van der Waals surface area contributed by atoms with Crippen LogP contribution in [0.3, 0.4) is 0 Å². The first-order chi connectivity index (χ1) is 14.8. The van der Waals surface area contributed by atoms with Crippen LogP contribution in [0, 0.1) is 0 Å². The van der Waals surface area contributed by atoms with Gasteiger partial charge >= 0.3 is 0 Å². The molecule has 0 N–H and O–H groups in total. The van der Waals surface area contributed by atoms with Gasteiger partial charge in [0.25, 0.3) is 0 Å². The molecular weight excluding hydrogens is 370 g/mol. The third-order valence-electron chi connectivity index (χ3n) is 5.26. The van der Waals surface area contributed by atoms with Gasteiger partial charge in [0.1, 0.15) is 5.75 Å². The minimum absolute atomic E-state index is 0.699. The van der Waals surface area contributed by atoms with Crippen LogP contribution < -0.4 is 9.80 Å². The highest BCUT2D eigenvalue weighted by atomic mass is 16.7. The Morgan fingerprint density at radius 1 is 0.733 bits per heavy atom. The number of methoxy groups -OCH3 is 1. The van der Waals surface area contributed by atoms with E-state index in [1.807, 2.05) is 35.4 Å². The fraction of sp³-hybridized carbons (Fsp3) is 0.333. The molecule has 0 spiro atoms. The van der Waals surface area contributed by atoms with Gasteiger partial charge in [-0.15, -0.1) is 0 Å². The number of hydrogen-bond acceptors (Lipinski definition) is 3. The fourth-order valence-electron chi connectivity index (χ4n) is 3.63. The van der Waals surface area contributed by atoms with Crippen molar-refractivity contribution in [2.75, 3.05) is 18.8 Å². The lowest BCUT2D eigenvalue weighted by atomic mass is 10.0. The third kappa shape index (κ3) is 6.11. The van der Waals surface area contributed by atoms with Crippen LogP contribution in [-0.4, -0.2) is 13.7 Å². The van der Waals surface area contributed by atoms with E-state index in [-0.39, 0.29) is 0 Å². The first-order valence-electron chi connectivity index (χ1n) is 11.0. The molecule has 0 unspecified atom stereocenters. The first kappa shape index (κ1) is 21.9. The van der Waals surface area contributed by atoms with Gasteiger partial charge < -0.3 is 4.74 Å². The van der Waals surface area contributed by atoms with Crippen molar-refractivity contribution in [3.63, 3.8) is 0 Å². The van der Waals surface area contributed by atoms with Crippen molar-refractivity contribution in [1.82, 2.24) is 0 Å². The van der Waals surface area contributed by atoms with Crippen LogP contribution in [0.25, 0.3) is 0 Å². The maximum atomic E-state index is 6.33. The van der Waals surface area contributed by atoms with E-state index in [2.05, 4.69) is 55.5 Å². The van der Waals surface area contributed by atoms with Crippen molar-refractivity contribution in [3.8, 4) is 5.75 Å². The van der Waals surface area contributed by atoms with Crippen LogP contribution in [0.1, 0.15) is 43.7 Å². The molecular formula is C27H33NO2. The maximum absolute atomic E-state index is 6.33. The topological polar surface area (TPSA) is 21.7 Å². The summed E-state index contributed by atoms with van der Waals surface area (Å²) in [5.41, 5.74) is 4.57. The third-order valence-corrected chi connectivity index (χ3v) is 5.26. The number of benzene rings is 3. The van der Waals surface area contributed by atoms with E-state index in [0.717, 1.165) is 36.4 Å². The van der Waals surface area contributed by atoms with Gasteiger partial charge in [-0.05, 0) is 49.1 Å². The zero-order chi connectivity index (χ0) is 21.0. The minimum Gasteiger partial charge on any atom is -0.496 e. The van der Waals surface area contributed by atoms with Crippen LogP contribution in [-0.2, 0) is 17.7 Å². The Labute approximate surface area is 181 Å². The van der Waals surface area contributed by atoms with Crippen LogP contribution in [0.2, 0.25) is 0 Å². The highest BCUT2D eigenvalue weighted by molar-refractivity contribution is 5.67. The van der Waals surface area contributed by atoms with Gasteiger partial charge in [0, 0.05) is 5.56 Å². The number of aryl methyl sites for hydroxylation is 1. The lowest BCUT2D eigenvalue weighted by molar-refractivity contribution is 0.131. The van der Waals surface area contributed by atoms with Gasteiger partial charge in [-0.3, -0.25) is 4.84 Å². The van der Waals surface area contributed by atoms with E-state index in [4.69, 9.17) is 9.57 Å². The molecule has 3 aromatic rings. The summed E-state index contributed by atoms with van der Waals surface area (Å²) in [6, 6.07) is 27.1. The number of anilines is 2. The molecule has 0 atom stereocenters. The molecule has 3 rings (SSSR count). The standard InChI is InChI=1S/C27H33NO2/c1-3-4-5-12-22-30-28(24-16-10-7-11-17-24)26-18-13-19-27(29-2)25(26)21-20-23-14-8-6-9-15-23/h6-11,13-19H,3-5,12,20-22H2,1-2H3. The van der Waals surface area contributed by atoms with Gasteiger partial charge in [-0.25, -0.2) is 5.06 Å². The summed E-state index contributed by atoms with van der Waals surface area (Å²) in [4.78, 5) is 6.33. The Bertz CT molecular complexity index is 865. The summed E-state index contributed by atoms with van der Waals surface area (Å²) in [6.45, 7) is 2.93. The van der Waals surface area contributed by atoms with Crippen LogP contribution in [0.15, 0.2) is 78.9 Å². The Morgan fingerprint density at radius 2 is 1.47 bits per heavy atom. The Kier molecular flexibility index (Phi) is 8.80. The van der Waals surface area contributed by atoms with Gasteiger partial charge in [-0.2, -0.15) is 0 Å². The van der Waals surface area contributed by atoms with E-state index in [0.29, 0.717) is 6.61 Å². The molecule has 0 aromatic heterocycles. The van der Waals surface area contributed by atoms with Crippen molar-refractivity contribution in [3.05, 3.63) is 90.0 Å². The Balaban J connectivity index is 1.87. The van der Waals surface area contributed by atoms with Crippen molar-refractivity contribution in [2.24, 2.45) is 0 Å². The number of unbranched alkanes of at least 4 members (excludes halogenated alkanes) is 3. The molecule has 0 saturated heterocycles. The summed E-state index contributed by atoms with van der Waals surface area (Å²) < 4.78 is 5.74. The highest BCUT2D eigenvalue weighted by Gasteiger charge is 2.18. The van der Waals surface area contributed by atoms with Crippen molar-refractivity contribution in [2.45, 2.75) is 45.4 Å². The maximum Gasteiger partial charge on any atom is 0.124 e. The summed E-state index contributed by atoms with van der Waals surface area (Å²) in [5.74, 6) is 0.902. The molecule has 0 aliphatic carbocycles. The molecule has 0 radical (unpaired) electrons. The minimum atomic E-state index is 0.699. The lowest BCUT2D eigenvalue weighted by Crippen LogP contribution is -2.20. The second kappa shape index (κ2) is 12.0. The molecule has 0 amide bonds. The molecule has 0 aliphatic heterocycles. The van der Waals surface area contributed by atoms with E-state index in [1.54, 1.807) is 7.11 Å². The monoisotopic (exact) mass is 403 g/mol. The predicted octanol–water partition coefficient (Wildman–Crippen LogP) is 7.13. The average molecular weight is 404 g/mol. The first-order valence-corrected chi connectivity index (χ1v) is 11.0. The molecule has 0 heterocycles. The highest BCUT2D eigenvalue weighted by Crippen LogP contribution is 2.35. The van der Waals surface area contributed by atoms with Crippen LogP contribution in [0.4, 0.5) is 11.4 Å². The normalized spacial score (nSPS) is 10.7. The quantitative estimate of drug-likeness (QED) is 0.237. The predicted molar refractivity (Wildman–Crippen MR) is 126 cm³/mol. The smallest absolute Gasteiger partial charge is 0.124 e. The molecule has 0 aliphatic rings. The summed E-state index contributed by atoms with van der Waals surface area (Å²) in [7, 11) is 1.74. The van der Waals surface area contributed by atoms with Gasteiger partial charge in [0.2, 0.25) is 0 Å². The number of para-hydroxylation sites is 1. The summed E-state index contributed by atoms with van der Waals surface area (Å²) in [6.07, 6.45) is 6.55. The van der Waals surface area contributed by atoms with Crippen LogP contribution in [0.5, 0.6) is 5.75 Å². The number of rotatable bonds is 12. The zero-order valence-electron chi connectivity index (χ0n) is 18.2. The van der Waals surface area contributed by atoms with Crippen LogP contribution >= 0.6 is 0 Å². The second-order valence-electron chi connectivity index (χ2n) is 7.47. The largest absolute Gasteiger partial charge is 0.496 e. The van der Waals surface area contributed by atoms with Crippen molar-refractivity contribution in [1.29, 1.82) is 0 Å². The zero-order valence-corrected chi connectivity index (χ0v) is 18.2. The van der Waals surface area contributed by atoms with Crippen molar-refractivity contribution < 1.29 is 9.57 Å². The van der Waals surface area contributed by atoms with Gasteiger partial charge in [0.05, 0.1) is 25.1 Å². The Hall–Kier alpha value is -2.78. The number of nitrogens with zero attached hydrogens (tertiary/aromatic N) is 1. The van der Waals surface area contributed by atoms with E-state index in [1.165, 1.54) is 30.4 Å². The fourth-order valence-corrected chi connectivity index (χ4v) is 3.63. The Morgan fingerprint density at radius 3 is 2.17 bits per heavy atom. The molecule has 3 nitrogen and oxygen atoms in total. The summed E-state index contributed by atoms with van der Waals surface area (Å²) >= 11 is 0. The van der Waals surface area contributed by atoms with E-state index < -0.39 is 0 Å². The second-order valence-corrected chi connectivity index (χ2v) is 7.47. The summed E-state index contributed by atoms with van der Waals surface area (Å²) in [5, 5.41) is 1.98. The average Bonchev–Trinajstić information content (AvgIpc) is 2.81. The molecule has 0 saturated carbocycles. The number of ether oxygens (including phenoxy) is 1. The molecule has 3 heteroatoms. The molecule has 0 bridgehead atoms. The molecule has 0 fully saturated rings. The SMILES string of the molecule is CCCCCCON(c1ccccc1)c1cccc(OC)c1CCc1ccccc1.